The first-order chi connectivity index (χ1) is 38.3. The molecule has 77 heavy (non-hydrogen) atoms. The Morgan fingerprint density at radius 2 is 0.468 bits per heavy atom. The quantitative estimate of drug-likeness (QED) is 0.164. The molecule has 0 saturated carbocycles. The van der Waals surface area contributed by atoms with Gasteiger partial charge in [-0.25, -0.2) is 4.98 Å². The van der Waals surface area contributed by atoms with Crippen LogP contribution in [0.4, 0.5) is 0 Å². The molecule has 0 fully saturated rings. The minimum absolute atomic E-state index is 0.814. The lowest BCUT2D eigenvalue weighted by molar-refractivity contribution is 0.961. The molecule has 17 aromatic rings. The van der Waals surface area contributed by atoms with Crippen LogP contribution in [0.2, 0.25) is 0 Å². The molecule has 0 radical (unpaired) electrons. The maximum atomic E-state index is 6.42. The Hall–Kier alpha value is -10.4. The van der Waals surface area contributed by atoms with Crippen molar-refractivity contribution in [3.8, 4) is 39.8 Å². The molecule has 358 valence electrons. The molecule has 0 aliphatic heterocycles. The molecule has 0 atom stereocenters. The summed E-state index contributed by atoms with van der Waals surface area (Å²) in [5.41, 5.74) is 16.1. The van der Waals surface area contributed by atoms with Crippen molar-refractivity contribution in [3.05, 3.63) is 267 Å². The smallest absolute Gasteiger partial charge is 0.165 e. The van der Waals surface area contributed by atoms with E-state index in [1.165, 1.54) is 53.9 Å². The Kier molecular flexibility index (Phi) is 8.74. The summed E-state index contributed by atoms with van der Waals surface area (Å²) in [6, 6.07) is 97.7. The van der Waals surface area contributed by atoms with Gasteiger partial charge >= 0.3 is 0 Å². The Morgan fingerprint density at radius 1 is 0.208 bits per heavy atom. The Morgan fingerprint density at radius 3 is 0.792 bits per heavy atom. The van der Waals surface area contributed by atoms with Gasteiger partial charge in [0.15, 0.2) is 11.6 Å². The van der Waals surface area contributed by atoms with E-state index in [0.29, 0.717) is 0 Å². The molecular formula is C71H44N6. The van der Waals surface area contributed by atoms with Crippen molar-refractivity contribution in [2.24, 2.45) is 0 Å². The van der Waals surface area contributed by atoms with E-state index in [1.807, 2.05) is 0 Å². The molecule has 17 rings (SSSR count). The van der Waals surface area contributed by atoms with Crippen molar-refractivity contribution < 1.29 is 0 Å². The highest BCUT2D eigenvalue weighted by molar-refractivity contribution is 6.17. The molecule has 0 aliphatic rings. The summed E-state index contributed by atoms with van der Waals surface area (Å²) in [6.07, 6.45) is 0. The van der Waals surface area contributed by atoms with Crippen molar-refractivity contribution in [2.45, 2.75) is 0 Å². The Labute approximate surface area is 441 Å². The van der Waals surface area contributed by atoms with Crippen LogP contribution >= 0.6 is 0 Å². The number of rotatable bonds is 6. The molecule has 0 amide bonds. The number of hydrogen-bond acceptors (Lipinski definition) is 1. The third-order valence-electron chi connectivity index (χ3n) is 16.3. The molecule has 11 aromatic carbocycles. The van der Waals surface area contributed by atoms with Crippen LogP contribution < -0.4 is 0 Å². The summed E-state index contributed by atoms with van der Waals surface area (Å²) in [5.74, 6) is 1.63. The third-order valence-corrected chi connectivity index (χ3v) is 16.3. The minimum atomic E-state index is 0.814. The van der Waals surface area contributed by atoms with E-state index < -0.39 is 0 Å². The number of hydrogen-bond donors (Lipinski definition) is 0. The predicted octanol–water partition coefficient (Wildman–Crippen LogP) is 18.2. The maximum absolute atomic E-state index is 6.42. The monoisotopic (exact) mass is 980 g/mol. The minimum Gasteiger partial charge on any atom is -0.309 e. The van der Waals surface area contributed by atoms with E-state index in [9.17, 15) is 0 Å². The maximum Gasteiger partial charge on any atom is 0.165 e. The fraction of sp³-hybridized carbons (Fsp3) is 0. The first kappa shape index (κ1) is 42.0. The normalized spacial score (nSPS) is 12.2. The predicted molar refractivity (Wildman–Crippen MR) is 321 cm³/mol. The fourth-order valence-electron chi connectivity index (χ4n) is 13.2. The molecule has 6 nitrogen and oxygen atoms in total. The van der Waals surface area contributed by atoms with Crippen LogP contribution in [-0.2, 0) is 0 Å². The lowest BCUT2D eigenvalue weighted by atomic mass is 9.98. The van der Waals surface area contributed by atoms with Gasteiger partial charge in [-0.05, 0) is 78.4 Å². The molecule has 0 aliphatic carbocycles. The number of nitrogens with zero attached hydrogens (tertiary/aromatic N) is 6. The average molecular weight is 981 g/mol. The molecule has 6 heterocycles. The van der Waals surface area contributed by atoms with E-state index in [1.54, 1.807) is 0 Å². The van der Waals surface area contributed by atoms with Crippen molar-refractivity contribution >= 4 is 109 Å². The zero-order valence-corrected chi connectivity index (χ0v) is 41.6. The first-order valence-electron chi connectivity index (χ1n) is 26.4. The second-order valence-corrected chi connectivity index (χ2v) is 20.2. The van der Waals surface area contributed by atoms with Gasteiger partial charge in [0.05, 0.1) is 55.2 Å². The summed E-state index contributed by atoms with van der Waals surface area (Å²) in [6.45, 7) is 0. The Balaban J connectivity index is 1.20. The standard InChI is InChI=1S/C71H44N6/c1-2-22-46(23-3-1)73-57-33-13-4-32-55(57)56-43-42-45(44-66(56)73)67-68(74-58-34-14-5-24-47(58)48-25-6-15-35-59(48)74)70(76-62-38-18-9-28-51(62)52-29-10-19-39-63(52)76)72-71(77-64-40-20-11-30-53(64)54-31-12-21-41-65(54)77)69(67)75-60-36-16-7-26-49(60)50-27-8-17-37-61(50)75/h1-44H. The van der Waals surface area contributed by atoms with Crippen LogP contribution in [0.1, 0.15) is 0 Å². The molecule has 6 heteroatoms. The van der Waals surface area contributed by atoms with Gasteiger partial charge < -0.3 is 13.7 Å². The van der Waals surface area contributed by atoms with Gasteiger partial charge in [-0.2, -0.15) is 0 Å². The van der Waals surface area contributed by atoms with E-state index >= 15 is 0 Å². The van der Waals surface area contributed by atoms with Crippen LogP contribution in [0.25, 0.3) is 149 Å². The molecule has 6 aromatic heterocycles. The SMILES string of the molecule is c1ccc(-n2c3ccccc3c3ccc(-c4c(-n5c6ccccc6c6ccccc65)c(-n5c6ccccc6c6ccccc65)nc(-n5c6ccccc6c6ccccc65)c4-n4c5ccccc5c5ccccc54)cc32)cc1. The summed E-state index contributed by atoms with van der Waals surface area (Å²) in [5, 5.41) is 11.7. The summed E-state index contributed by atoms with van der Waals surface area (Å²) in [4.78, 5) is 6.42. The van der Waals surface area contributed by atoms with E-state index in [2.05, 4.69) is 290 Å². The highest BCUT2D eigenvalue weighted by Crippen LogP contribution is 2.50. The van der Waals surface area contributed by atoms with Crippen LogP contribution in [-0.4, -0.2) is 27.8 Å². The van der Waals surface area contributed by atoms with Gasteiger partial charge in [-0.3, -0.25) is 9.13 Å². The third kappa shape index (κ3) is 5.81. The topological polar surface area (TPSA) is 37.5 Å². The average Bonchev–Trinajstić information content (AvgIpc) is 4.50. The van der Waals surface area contributed by atoms with E-state index in [0.717, 1.165) is 95.0 Å². The largest absolute Gasteiger partial charge is 0.309 e. The first-order valence-corrected chi connectivity index (χ1v) is 26.4. The van der Waals surface area contributed by atoms with Crippen LogP contribution in [0, 0.1) is 0 Å². The summed E-state index contributed by atoms with van der Waals surface area (Å²) < 4.78 is 12.4. The van der Waals surface area contributed by atoms with Gasteiger partial charge in [-0.15, -0.1) is 0 Å². The van der Waals surface area contributed by atoms with Gasteiger partial charge in [-0.1, -0.05) is 194 Å². The van der Waals surface area contributed by atoms with Crippen molar-refractivity contribution in [3.63, 3.8) is 0 Å². The highest BCUT2D eigenvalue weighted by atomic mass is 15.2. The van der Waals surface area contributed by atoms with E-state index in [-0.39, 0.29) is 0 Å². The molecule has 0 saturated heterocycles. The second kappa shape index (κ2) is 16.0. The lowest BCUT2D eigenvalue weighted by Crippen LogP contribution is -2.16. The molecule has 0 bridgehead atoms. The van der Waals surface area contributed by atoms with Gasteiger partial charge in [0.1, 0.15) is 11.4 Å². The lowest BCUT2D eigenvalue weighted by Gasteiger charge is -2.27. The van der Waals surface area contributed by atoms with Gasteiger partial charge in [0.25, 0.3) is 0 Å². The van der Waals surface area contributed by atoms with E-state index in [4.69, 9.17) is 4.98 Å². The number of para-hydroxylation sites is 10. The molecule has 0 unspecified atom stereocenters. The zero-order chi connectivity index (χ0) is 50.3. The van der Waals surface area contributed by atoms with Crippen molar-refractivity contribution in [1.29, 1.82) is 0 Å². The van der Waals surface area contributed by atoms with Gasteiger partial charge in [0, 0.05) is 65.1 Å². The van der Waals surface area contributed by atoms with Crippen LogP contribution in [0.15, 0.2) is 267 Å². The fourth-order valence-corrected chi connectivity index (χ4v) is 13.2. The number of benzene rings is 11. The second-order valence-electron chi connectivity index (χ2n) is 20.2. The van der Waals surface area contributed by atoms with Gasteiger partial charge in [0.2, 0.25) is 0 Å². The molecular weight excluding hydrogens is 937 g/mol. The van der Waals surface area contributed by atoms with Crippen LogP contribution in [0.5, 0.6) is 0 Å². The van der Waals surface area contributed by atoms with Crippen molar-refractivity contribution in [2.75, 3.05) is 0 Å². The number of fused-ring (bicyclic) bond motifs is 15. The van der Waals surface area contributed by atoms with Crippen LogP contribution in [0.3, 0.4) is 0 Å². The molecule has 0 N–H and O–H groups in total. The van der Waals surface area contributed by atoms with Crippen molar-refractivity contribution in [1.82, 2.24) is 27.8 Å². The zero-order valence-electron chi connectivity index (χ0n) is 41.6. The summed E-state index contributed by atoms with van der Waals surface area (Å²) in [7, 11) is 0. The Bertz CT molecular complexity index is 4830. The summed E-state index contributed by atoms with van der Waals surface area (Å²) >= 11 is 0. The highest BCUT2D eigenvalue weighted by Gasteiger charge is 2.33. The number of pyridine rings is 1. The molecule has 0 spiro atoms. The number of aromatic nitrogens is 6.